The Balaban J connectivity index is 1.40. The van der Waals surface area contributed by atoms with Crippen LogP contribution in [-0.2, 0) is 16.0 Å². The molecule has 0 bridgehead atoms. The predicted octanol–water partition coefficient (Wildman–Crippen LogP) is 3.20. The van der Waals surface area contributed by atoms with Crippen molar-refractivity contribution in [3.05, 3.63) is 52.1 Å². The molecule has 35 heavy (non-hydrogen) atoms. The number of ether oxygens (including phenoxy) is 1. The SMILES string of the molecule is Cc1c(C)c2c(c(C)c1O)CCC(C)(C(=O)N1CCN(C(=O)/C=C/c3ccc(O)c(O)c3)CC1)O2. The number of piperazine rings is 1. The molecule has 8 nitrogen and oxygen atoms in total. The number of aromatic hydroxyl groups is 3. The Labute approximate surface area is 205 Å². The van der Waals surface area contributed by atoms with Gasteiger partial charge in [0.15, 0.2) is 17.1 Å². The van der Waals surface area contributed by atoms with E-state index >= 15 is 0 Å². The van der Waals surface area contributed by atoms with E-state index in [1.165, 1.54) is 18.2 Å². The van der Waals surface area contributed by atoms with E-state index in [-0.39, 0.29) is 29.1 Å². The van der Waals surface area contributed by atoms with Crippen molar-refractivity contribution < 1.29 is 29.6 Å². The second-order valence-electron chi connectivity index (χ2n) is 9.56. The molecule has 2 aliphatic heterocycles. The summed E-state index contributed by atoms with van der Waals surface area (Å²) < 4.78 is 6.33. The molecule has 0 spiro atoms. The van der Waals surface area contributed by atoms with E-state index in [2.05, 4.69) is 0 Å². The molecular formula is C27H32N2O6. The molecule has 186 valence electrons. The number of fused-ring (bicyclic) bond motifs is 1. The molecule has 0 aliphatic carbocycles. The molecule has 0 saturated carbocycles. The van der Waals surface area contributed by atoms with Gasteiger partial charge in [0.2, 0.25) is 5.91 Å². The fourth-order valence-electron chi connectivity index (χ4n) is 4.78. The average molecular weight is 481 g/mol. The Morgan fingerprint density at radius 3 is 2.26 bits per heavy atom. The van der Waals surface area contributed by atoms with Crippen molar-refractivity contribution >= 4 is 17.9 Å². The van der Waals surface area contributed by atoms with Crippen LogP contribution in [0.15, 0.2) is 24.3 Å². The highest BCUT2D eigenvalue weighted by Crippen LogP contribution is 2.43. The van der Waals surface area contributed by atoms with E-state index in [0.29, 0.717) is 50.3 Å². The molecule has 2 amide bonds. The van der Waals surface area contributed by atoms with E-state index in [0.717, 1.165) is 22.3 Å². The lowest BCUT2D eigenvalue weighted by atomic mass is 9.86. The molecule has 1 fully saturated rings. The monoisotopic (exact) mass is 480 g/mol. The smallest absolute Gasteiger partial charge is 0.266 e. The molecule has 4 rings (SSSR count). The molecule has 1 atom stereocenters. The number of hydrogen-bond donors (Lipinski definition) is 3. The van der Waals surface area contributed by atoms with E-state index < -0.39 is 5.60 Å². The Morgan fingerprint density at radius 2 is 1.60 bits per heavy atom. The number of phenols is 3. The third-order valence-corrected chi connectivity index (χ3v) is 7.27. The number of amides is 2. The topological polar surface area (TPSA) is 111 Å². The summed E-state index contributed by atoms with van der Waals surface area (Å²) in [6.07, 6.45) is 4.17. The number of benzene rings is 2. The van der Waals surface area contributed by atoms with Gasteiger partial charge in [-0.3, -0.25) is 9.59 Å². The van der Waals surface area contributed by atoms with Gasteiger partial charge in [-0.15, -0.1) is 0 Å². The summed E-state index contributed by atoms with van der Waals surface area (Å²) in [5, 5.41) is 29.4. The van der Waals surface area contributed by atoms with Gasteiger partial charge in [-0.1, -0.05) is 6.07 Å². The first-order valence-electron chi connectivity index (χ1n) is 11.8. The van der Waals surface area contributed by atoms with Crippen LogP contribution in [0.25, 0.3) is 6.08 Å². The molecule has 2 heterocycles. The fourth-order valence-corrected chi connectivity index (χ4v) is 4.78. The van der Waals surface area contributed by atoms with Crippen molar-refractivity contribution in [1.82, 2.24) is 9.80 Å². The maximum Gasteiger partial charge on any atom is 0.266 e. The Kier molecular flexibility index (Phi) is 6.40. The molecule has 0 aromatic heterocycles. The van der Waals surface area contributed by atoms with Crippen LogP contribution in [0.4, 0.5) is 0 Å². The van der Waals surface area contributed by atoms with Crippen LogP contribution < -0.4 is 4.74 Å². The van der Waals surface area contributed by atoms with Crippen molar-refractivity contribution in [2.24, 2.45) is 0 Å². The van der Waals surface area contributed by atoms with Crippen molar-refractivity contribution in [3.63, 3.8) is 0 Å². The number of nitrogens with zero attached hydrogens (tertiary/aromatic N) is 2. The van der Waals surface area contributed by atoms with Gasteiger partial charge >= 0.3 is 0 Å². The zero-order valence-electron chi connectivity index (χ0n) is 20.6. The van der Waals surface area contributed by atoms with Gasteiger partial charge in [0.25, 0.3) is 5.91 Å². The Morgan fingerprint density at radius 1 is 0.943 bits per heavy atom. The Hall–Kier alpha value is -3.68. The van der Waals surface area contributed by atoms with Crippen LogP contribution in [0.5, 0.6) is 23.0 Å². The summed E-state index contributed by atoms with van der Waals surface area (Å²) in [5.74, 6) is 0.251. The maximum absolute atomic E-state index is 13.5. The van der Waals surface area contributed by atoms with Crippen molar-refractivity contribution in [1.29, 1.82) is 0 Å². The van der Waals surface area contributed by atoms with Crippen LogP contribution in [0.3, 0.4) is 0 Å². The first-order valence-corrected chi connectivity index (χ1v) is 11.8. The van der Waals surface area contributed by atoms with Crippen LogP contribution in [-0.4, -0.2) is 68.7 Å². The number of rotatable bonds is 3. The van der Waals surface area contributed by atoms with Gasteiger partial charge in [-0.2, -0.15) is 0 Å². The third kappa shape index (κ3) is 4.52. The third-order valence-electron chi connectivity index (χ3n) is 7.27. The van der Waals surface area contributed by atoms with Crippen molar-refractivity contribution in [3.8, 4) is 23.0 Å². The van der Waals surface area contributed by atoms with E-state index in [9.17, 15) is 24.9 Å². The molecule has 2 aromatic carbocycles. The lowest BCUT2D eigenvalue weighted by molar-refractivity contribution is -0.151. The zero-order valence-corrected chi connectivity index (χ0v) is 20.6. The molecule has 2 aliphatic rings. The van der Waals surface area contributed by atoms with E-state index in [4.69, 9.17) is 4.74 Å². The number of phenolic OH excluding ortho intramolecular Hbond substituents is 3. The van der Waals surface area contributed by atoms with Gasteiger partial charge in [-0.05, 0) is 74.6 Å². The number of carbonyl (C=O) groups excluding carboxylic acids is 2. The zero-order chi connectivity index (χ0) is 25.5. The molecule has 1 unspecified atom stereocenters. The first-order chi connectivity index (χ1) is 16.5. The summed E-state index contributed by atoms with van der Waals surface area (Å²) in [7, 11) is 0. The minimum absolute atomic E-state index is 0.0897. The summed E-state index contributed by atoms with van der Waals surface area (Å²) in [6.45, 7) is 9.10. The normalized spacial score (nSPS) is 20.0. The van der Waals surface area contributed by atoms with E-state index in [1.807, 2.05) is 27.7 Å². The lowest BCUT2D eigenvalue weighted by Crippen LogP contribution is -2.58. The van der Waals surface area contributed by atoms with Gasteiger partial charge in [0, 0.05) is 44.2 Å². The highest BCUT2D eigenvalue weighted by Gasteiger charge is 2.43. The molecule has 0 radical (unpaired) electrons. The average Bonchev–Trinajstić information content (AvgIpc) is 2.86. The van der Waals surface area contributed by atoms with Crippen LogP contribution in [0.1, 0.15) is 41.2 Å². The van der Waals surface area contributed by atoms with Gasteiger partial charge in [0.1, 0.15) is 11.5 Å². The summed E-state index contributed by atoms with van der Waals surface area (Å²) in [6, 6.07) is 4.35. The second-order valence-corrected chi connectivity index (χ2v) is 9.56. The largest absolute Gasteiger partial charge is 0.507 e. The highest BCUT2D eigenvalue weighted by atomic mass is 16.5. The Bertz CT molecular complexity index is 1210. The van der Waals surface area contributed by atoms with Gasteiger partial charge in [-0.25, -0.2) is 0 Å². The maximum atomic E-state index is 13.5. The molecule has 8 heteroatoms. The van der Waals surface area contributed by atoms with Crippen LogP contribution in [0.2, 0.25) is 0 Å². The molecular weight excluding hydrogens is 448 g/mol. The highest BCUT2D eigenvalue weighted by molar-refractivity contribution is 5.92. The van der Waals surface area contributed by atoms with Gasteiger partial charge < -0.3 is 29.9 Å². The molecule has 2 aromatic rings. The number of carbonyl (C=O) groups is 2. The predicted molar refractivity (Wildman–Crippen MR) is 132 cm³/mol. The summed E-state index contributed by atoms with van der Waals surface area (Å²) in [5.41, 5.74) is 2.98. The van der Waals surface area contributed by atoms with E-state index in [1.54, 1.807) is 21.9 Å². The van der Waals surface area contributed by atoms with Gasteiger partial charge in [0.05, 0.1) is 0 Å². The first kappa shape index (κ1) is 24.4. The lowest BCUT2D eigenvalue weighted by Gasteiger charge is -2.42. The standard InChI is InChI=1S/C27H32N2O6/c1-16-17(2)25-20(18(3)24(16)33)9-10-27(4,35-25)26(34)29-13-11-28(12-14-29)23(32)8-6-19-5-7-21(30)22(31)15-19/h5-8,15,30-31,33H,9-14H2,1-4H3/b8-6+. The van der Waals surface area contributed by atoms with Crippen molar-refractivity contribution in [2.75, 3.05) is 26.2 Å². The summed E-state index contributed by atoms with van der Waals surface area (Å²) in [4.78, 5) is 29.5. The summed E-state index contributed by atoms with van der Waals surface area (Å²) >= 11 is 0. The quantitative estimate of drug-likeness (QED) is 0.460. The second kappa shape index (κ2) is 9.17. The van der Waals surface area contributed by atoms with Crippen LogP contribution in [0, 0.1) is 20.8 Å². The minimum atomic E-state index is -0.999. The molecule has 3 N–H and O–H groups in total. The van der Waals surface area contributed by atoms with Crippen LogP contribution >= 0.6 is 0 Å². The molecule has 1 saturated heterocycles. The van der Waals surface area contributed by atoms with Crippen molar-refractivity contribution in [2.45, 2.75) is 46.1 Å². The number of hydrogen-bond acceptors (Lipinski definition) is 6. The minimum Gasteiger partial charge on any atom is -0.507 e. The fraction of sp³-hybridized carbons (Fsp3) is 0.407.